The van der Waals surface area contributed by atoms with Gasteiger partial charge >= 0.3 is 0 Å². The van der Waals surface area contributed by atoms with Crippen LogP contribution in [0.4, 0.5) is 0 Å². The van der Waals surface area contributed by atoms with Gasteiger partial charge in [0.1, 0.15) is 5.75 Å². The molecule has 0 fully saturated rings. The molecule has 0 N–H and O–H groups in total. The van der Waals surface area contributed by atoms with Gasteiger partial charge in [0.25, 0.3) is 0 Å². The third-order valence-electron chi connectivity index (χ3n) is 3.01. The molecular formula is C15H16O2. The highest BCUT2D eigenvalue weighted by molar-refractivity contribution is 5.99. The number of carbonyl (C=O) groups excluding carboxylic acids is 1. The Morgan fingerprint density at radius 3 is 2.59 bits per heavy atom. The van der Waals surface area contributed by atoms with Crippen molar-refractivity contribution < 1.29 is 9.53 Å². The summed E-state index contributed by atoms with van der Waals surface area (Å²) in [6.45, 7) is 4.26. The number of carbonyl (C=O) groups is 1. The Balaban J connectivity index is 2.77. The van der Waals surface area contributed by atoms with E-state index in [9.17, 15) is 4.79 Å². The summed E-state index contributed by atoms with van der Waals surface area (Å²) >= 11 is 0. The van der Waals surface area contributed by atoms with Gasteiger partial charge < -0.3 is 4.74 Å². The van der Waals surface area contributed by atoms with Crippen LogP contribution in [-0.4, -0.2) is 13.4 Å². The molecule has 0 spiro atoms. The van der Waals surface area contributed by atoms with Gasteiger partial charge in [0.05, 0.1) is 7.11 Å². The average Bonchev–Trinajstić information content (AvgIpc) is 2.36. The van der Waals surface area contributed by atoms with Crippen LogP contribution in [0.3, 0.4) is 0 Å². The molecular weight excluding hydrogens is 212 g/mol. The average molecular weight is 228 g/mol. The van der Waals surface area contributed by atoms with Crippen molar-refractivity contribution in [3.05, 3.63) is 41.5 Å². The molecule has 0 atom stereocenters. The minimum absolute atomic E-state index is 0.397. The van der Waals surface area contributed by atoms with Gasteiger partial charge in [0.2, 0.25) is 0 Å². The van der Waals surface area contributed by atoms with Crippen LogP contribution in [-0.2, 0) is 0 Å². The van der Waals surface area contributed by atoms with Gasteiger partial charge in [-0.2, -0.15) is 0 Å². The SMILES string of the molecule is COc1cc2c(C=O)cccc2cc1C(C)C. The molecule has 0 bridgehead atoms. The highest BCUT2D eigenvalue weighted by atomic mass is 16.5. The van der Waals surface area contributed by atoms with E-state index < -0.39 is 0 Å². The predicted octanol–water partition coefficient (Wildman–Crippen LogP) is 3.78. The molecule has 2 heteroatoms. The van der Waals surface area contributed by atoms with Crippen molar-refractivity contribution in [3.8, 4) is 5.75 Å². The Morgan fingerprint density at radius 2 is 2.00 bits per heavy atom. The van der Waals surface area contributed by atoms with E-state index in [0.29, 0.717) is 11.5 Å². The predicted molar refractivity (Wildman–Crippen MR) is 70.0 cm³/mol. The summed E-state index contributed by atoms with van der Waals surface area (Å²) in [5.41, 5.74) is 1.87. The van der Waals surface area contributed by atoms with Crippen LogP contribution in [0.1, 0.15) is 35.7 Å². The Bertz CT molecular complexity index is 556. The molecule has 0 amide bonds. The van der Waals surface area contributed by atoms with Gasteiger partial charge in [0.15, 0.2) is 6.29 Å². The molecule has 2 nitrogen and oxygen atoms in total. The lowest BCUT2D eigenvalue weighted by Gasteiger charge is -2.13. The van der Waals surface area contributed by atoms with Gasteiger partial charge in [0, 0.05) is 5.56 Å². The molecule has 88 valence electrons. The molecule has 0 heterocycles. The Labute approximate surface area is 101 Å². The number of benzene rings is 2. The Morgan fingerprint density at radius 1 is 1.24 bits per heavy atom. The lowest BCUT2D eigenvalue weighted by atomic mass is 9.96. The largest absolute Gasteiger partial charge is 0.496 e. The van der Waals surface area contributed by atoms with E-state index in [0.717, 1.165) is 22.8 Å². The van der Waals surface area contributed by atoms with E-state index >= 15 is 0 Å². The lowest BCUT2D eigenvalue weighted by Crippen LogP contribution is -1.95. The first-order chi connectivity index (χ1) is 8.17. The quantitative estimate of drug-likeness (QED) is 0.747. The van der Waals surface area contributed by atoms with Crippen LogP contribution in [0.5, 0.6) is 5.75 Å². The summed E-state index contributed by atoms with van der Waals surface area (Å²) in [6.07, 6.45) is 0.886. The second-order valence-electron chi connectivity index (χ2n) is 4.44. The smallest absolute Gasteiger partial charge is 0.150 e. The van der Waals surface area contributed by atoms with E-state index in [1.807, 2.05) is 24.3 Å². The zero-order chi connectivity index (χ0) is 12.4. The molecule has 0 unspecified atom stereocenters. The van der Waals surface area contributed by atoms with E-state index in [4.69, 9.17) is 4.74 Å². The first kappa shape index (κ1) is 11.6. The second kappa shape index (κ2) is 4.58. The van der Waals surface area contributed by atoms with Crippen LogP contribution in [0.25, 0.3) is 10.8 Å². The van der Waals surface area contributed by atoms with E-state index in [2.05, 4.69) is 19.9 Å². The number of hydrogen-bond donors (Lipinski definition) is 0. The number of methoxy groups -OCH3 is 1. The van der Waals surface area contributed by atoms with Crippen LogP contribution in [0.15, 0.2) is 30.3 Å². The molecule has 0 aliphatic heterocycles. The van der Waals surface area contributed by atoms with Crippen molar-refractivity contribution in [1.29, 1.82) is 0 Å². The molecule has 2 rings (SSSR count). The van der Waals surface area contributed by atoms with E-state index in [1.54, 1.807) is 7.11 Å². The number of hydrogen-bond acceptors (Lipinski definition) is 2. The van der Waals surface area contributed by atoms with Crippen molar-refractivity contribution in [3.63, 3.8) is 0 Å². The van der Waals surface area contributed by atoms with Crippen molar-refractivity contribution in [1.82, 2.24) is 0 Å². The maximum atomic E-state index is 11.0. The number of aldehydes is 1. The van der Waals surface area contributed by atoms with Crippen molar-refractivity contribution in [2.75, 3.05) is 7.11 Å². The Kier molecular flexibility index (Phi) is 3.14. The van der Waals surface area contributed by atoms with Gasteiger partial charge in [-0.3, -0.25) is 4.79 Å². The lowest BCUT2D eigenvalue weighted by molar-refractivity contribution is 0.112. The van der Waals surface area contributed by atoms with Gasteiger partial charge in [-0.05, 0) is 34.4 Å². The summed E-state index contributed by atoms with van der Waals surface area (Å²) in [5, 5.41) is 2.03. The third kappa shape index (κ3) is 2.03. The Hall–Kier alpha value is -1.83. The molecule has 0 aliphatic rings. The molecule has 0 saturated heterocycles. The highest BCUT2D eigenvalue weighted by Crippen LogP contribution is 2.32. The first-order valence-corrected chi connectivity index (χ1v) is 5.73. The van der Waals surface area contributed by atoms with Gasteiger partial charge in [-0.25, -0.2) is 0 Å². The van der Waals surface area contributed by atoms with E-state index in [-0.39, 0.29) is 0 Å². The number of rotatable bonds is 3. The van der Waals surface area contributed by atoms with Gasteiger partial charge in [-0.15, -0.1) is 0 Å². The van der Waals surface area contributed by atoms with Crippen LogP contribution >= 0.6 is 0 Å². The second-order valence-corrected chi connectivity index (χ2v) is 4.44. The maximum Gasteiger partial charge on any atom is 0.150 e. The van der Waals surface area contributed by atoms with E-state index in [1.165, 1.54) is 5.56 Å². The fourth-order valence-corrected chi connectivity index (χ4v) is 2.08. The molecule has 2 aromatic rings. The fraction of sp³-hybridized carbons (Fsp3) is 0.267. The molecule has 17 heavy (non-hydrogen) atoms. The molecule has 0 radical (unpaired) electrons. The van der Waals surface area contributed by atoms with Crippen molar-refractivity contribution in [2.24, 2.45) is 0 Å². The zero-order valence-corrected chi connectivity index (χ0v) is 10.4. The fourth-order valence-electron chi connectivity index (χ4n) is 2.08. The maximum absolute atomic E-state index is 11.0. The van der Waals surface area contributed by atoms with Crippen molar-refractivity contribution >= 4 is 17.1 Å². The first-order valence-electron chi connectivity index (χ1n) is 5.73. The summed E-state index contributed by atoms with van der Waals surface area (Å²) in [6, 6.07) is 9.81. The standard InChI is InChI=1S/C15H16O2/c1-10(2)13-7-11-5-4-6-12(9-16)14(11)8-15(13)17-3/h4-10H,1-3H3. The molecule has 0 saturated carbocycles. The molecule has 0 aromatic heterocycles. The highest BCUT2D eigenvalue weighted by Gasteiger charge is 2.10. The van der Waals surface area contributed by atoms with Gasteiger partial charge in [-0.1, -0.05) is 32.0 Å². The zero-order valence-electron chi connectivity index (χ0n) is 10.4. The van der Waals surface area contributed by atoms with Crippen LogP contribution in [0.2, 0.25) is 0 Å². The number of ether oxygens (including phenoxy) is 1. The number of fused-ring (bicyclic) bond motifs is 1. The minimum atomic E-state index is 0.397. The molecule has 2 aromatic carbocycles. The molecule has 0 aliphatic carbocycles. The van der Waals surface area contributed by atoms with Crippen LogP contribution < -0.4 is 4.74 Å². The van der Waals surface area contributed by atoms with Crippen molar-refractivity contribution in [2.45, 2.75) is 19.8 Å². The summed E-state index contributed by atoms with van der Waals surface area (Å²) in [4.78, 5) is 11.0. The summed E-state index contributed by atoms with van der Waals surface area (Å²) in [5.74, 6) is 1.25. The third-order valence-corrected chi connectivity index (χ3v) is 3.01. The van der Waals surface area contributed by atoms with Crippen LogP contribution in [0, 0.1) is 0 Å². The minimum Gasteiger partial charge on any atom is -0.496 e. The monoisotopic (exact) mass is 228 g/mol. The normalized spacial score (nSPS) is 10.8. The summed E-state index contributed by atoms with van der Waals surface area (Å²) in [7, 11) is 1.66. The topological polar surface area (TPSA) is 26.3 Å². The summed E-state index contributed by atoms with van der Waals surface area (Å²) < 4.78 is 5.40.